The molecule has 3 nitrogen and oxygen atoms in total. The predicted molar refractivity (Wildman–Crippen MR) is 79.2 cm³/mol. The summed E-state index contributed by atoms with van der Waals surface area (Å²) in [5, 5.41) is 11.8. The Balaban J connectivity index is 1.88. The molecule has 0 amide bonds. The lowest BCUT2D eigenvalue weighted by atomic mass is 10.1. The molecule has 0 atom stereocenters. The largest absolute Gasteiger partial charge is 0.309 e. The van der Waals surface area contributed by atoms with Gasteiger partial charge in [-0.2, -0.15) is 0 Å². The average molecular weight is 269 g/mol. The van der Waals surface area contributed by atoms with Crippen LogP contribution >= 0.6 is 11.8 Å². The van der Waals surface area contributed by atoms with Gasteiger partial charge in [0.05, 0.1) is 0 Å². The second-order valence-electron chi connectivity index (χ2n) is 4.52. The van der Waals surface area contributed by atoms with Crippen molar-refractivity contribution in [2.24, 2.45) is 7.05 Å². The van der Waals surface area contributed by atoms with E-state index < -0.39 is 0 Å². The molecule has 96 valence electrons. The van der Waals surface area contributed by atoms with Crippen LogP contribution in [0, 0.1) is 6.92 Å². The van der Waals surface area contributed by atoms with Gasteiger partial charge in [-0.1, -0.05) is 54.2 Å². The Bertz CT molecular complexity index is 713. The topological polar surface area (TPSA) is 30.7 Å². The third kappa shape index (κ3) is 2.36. The maximum absolute atomic E-state index is 4.19. The summed E-state index contributed by atoms with van der Waals surface area (Å²) in [5.41, 5.74) is 1.34. The molecular weight excluding hydrogens is 254 g/mol. The van der Waals surface area contributed by atoms with Crippen molar-refractivity contribution < 1.29 is 0 Å². The number of hydrogen-bond donors (Lipinski definition) is 0. The van der Waals surface area contributed by atoms with E-state index in [1.165, 1.54) is 16.3 Å². The van der Waals surface area contributed by atoms with Gasteiger partial charge in [0.1, 0.15) is 5.82 Å². The van der Waals surface area contributed by atoms with E-state index in [-0.39, 0.29) is 0 Å². The Morgan fingerprint density at radius 3 is 2.63 bits per heavy atom. The van der Waals surface area contributed by atoms with Crippen LogP contribution < -0.4 is 0 Å². The molecule has 0 bridgehead atoms. The highest BCUT2D eigenvalue weighted by Crippen LogP contribution is 2.26. The zero-order valence-corrected chi connectivity index (χ0v) is 11.8. The fourth-order valence-electron chi connectivity index (χ4n) is 2.07. The number of aryl methyl sites for hydroxylation is 1. The molecule has 0 N–H and O–H groups in total. The zero-order valence-electron chi connectivity index (χ0n) is 11.0. The zero-order chi connectivity index (χ0) is 13.2. The van der Waals surface area contributed by atoms with Crippen LogP contribution in [0.1, 0.15) is 11.4 Å². The maximum atomic E-state index is 4.19. The minimum Gasteiger partial charge on any atom is -0.309 e. The lowest BCUT2D eigenvalue weighted by Gasteiger charge is -2.06. The quantitative estimate of drug-likeness (QED) is 0.681. The number of rotatable bonds is 3. The molecule has 3 rings (SSSR count). The smallest absolute Gasteiger partial charge is 0.191 e. The van der Waals surface area contributed by atoms with Crippen molar-refractivity contribution in [1.82, 2.24) is 14.8 Å². The molecule has 0 aliphatic heterocycles. The molecule has 0 unspecified atom stereocenters. The van der Waals surface area contributed by atoms with E-state index in [0.717, 1.165) is 16.7 Å². The fraction of sp³-hybridized carbons (Fsp3) is 0.200. The van der Waals surface area contributed by atoms with E-state index >= 15 is 0 Å². The van der Waals surface area contributed by atoms with Crippen LogP contribution in [0.5, 0.6) is 0 Å². The van der Waals surface area contributed by atoms with E-state index in [1.54, 1.807) is 11.8 Å². The fourth-order valence-corrected chi connectivity index (χ4v) is 3.03. The summed E-state index contributed by atoms with van der Waals surface area (Å²) in [5.74, 6) is 1.85. The standard InChI is InChI=1S/C15H15N3S/c1-11-16-17-15(18(11)2)19-10-13-8-5-7-12-6-3-4-9-14(12)13/h3-9H,10H2,1-2H3. The van der Waals surface area contributed by atoms with Crippen molar-refractivity contribution in [1.29, 1.82) is 0 Å². The van der Waals surface area contributed by atoms with Crippen molar-refractivity contribution >= 4 is 22.5 Å². The minimum absolute atomic E-state index is 0.910. The predicted octanol–water partition coefficient (Wildman–Crippen LogP) is 3.57. The highest BCUT2D eigenvalue weighted by atomic mass is 32.2. The number of benzene rings is 2. The van der Waals surface area contributed by atoms with Gasteiger partial charge in [-0.05, 0) is 23.3 Å². The van der Waals surface area contributed by atoms with E-state index in [4.69, 9.17) is 0 Å². The Morgan fingerprint density at radius 1 is 1.05 bits per heavy atom. The first kappa shape index (κ1) is 12.2. The molecule has 3 aromatic rings. The summed E-state index contributed by atoms with van der Waals surface area (Å²) in [4.78, 5) is 0. The van der Waals surface area contributed by atoms with Gasteiger partial charge < -0.3 is 4.57 Å². The van der Waals surface area contributed by atoms with Crippen molar-refractivity contribution in [3.63, 3.8) is 0 Å². The van der Waals surface area contributed by atoms with Gasteiger partial charge in [0.25, 0.3) is 0 Å². The average Bonchev–Trinajstić information content (AvgIpc) is 2.76. The Hall–Kier alpha value is -1.81. The first-order valence-electron chi connectivity index (χ1n) is 6.21. The van der Waals surface area contributed by atoms with Crippen LogP contribution in [-0.2, 0) is 12.8 Å². The lowest BCUT2D eigenvalue weighted by Crippen LogP contribution is -1.94. The molecule has 0 spiro atoms. The number of fused-ring (bicyclic) bond motifs is 1. The highest BCUT2D eigenvalue weighted by molar-refractivity contribution is 7.98. The van der Waals surface area contributed by atoms with Crippen LogP contribution in [-0.4, -0.2) is 14.8 Å². The summed E-state index contributed by atoms with van der Waals surface area (Å²) >= 11 is 1.73. The Kier molecular flexibility index (Phi) is 3.25. The molecule has 0 saturated carbocycles. The minimum atomic E-state index is 0.910. The van der Waals surface area contributed by atoms with Crippen molar-refractivity contribution in [2.45, 2.75) is 17.8 Å². The molecule has 0 saturated heterocycles. The SMILES string of the molecule is Cc1nnc(SCc2cccc3ccccc23)n1C. The van der Waals surface area contributed by atoms with Gasteiger partial charge in [-0.25, -0.2) is 0 Å². The number of nitrogens with zero attached hydrogens (tertiary/aromatic N) is 3. The Labute approximate surface area is 116 Å². The van der Waals surface area contributed by atoms with Gasteiger partial charge in [0.15, 0.2) is 5.16 Å². The van der Waals surface area contributed by atoms with Crippen LogP contribution in [0.15, 0.2) is 47.6 Å². The van der Waals surface area contributed by atoms with Crippen LogP contribution in [0.4, 0.5) is 0 Å². The highest BCUT2D eigenvalue weighted by Gasteiger charge is 2.07. The van der Waals surface area contributed by atoms with E-state index in [1.807, 2.05) is 18.5 Å². The molecule has 0 aliphatic rings. The van der Waals surface area contributed by atoms with Crippen molar-refractivity contribution in [3.05, 3.63) is 53.9 Å². The molecular formula is C15H15N3S. The molecule has 2 aromatic carbocycles. The first-order chi connectivity index (χ1) is 9.25. The van der Waals surface area contributed by atoms with Crippen LogP contribution in [0.3, 0.4) is 0 Å². The summed E-state index contributed by atoms with van der Waals surface area (Å²) in [6, 6.07) is 14.9. The molecule has 1 heterocycles. The first-order valence-corrected chi connectivity index (χ1v) is 7.19. The molecule has 0 aliphatic carbocycles. The van der Waals surface area contributed by atoms with Gasteiger partial charge in [0, 0.05) is 12.8 Å². The van der Waals surface area contributed by atoms with E-state index in [2.05, 4.69) is 52.7 Å². The van der Waals surface area contributed by atoms with E-state index in [0.29, 0.717) is 0 Å². The van der Waals surface area contributed by atoms with E-state index in [9.17, 15) is 0 Å². The summed E-state index contributed by atoms with van der Waals surface area (Å²) in [6.07, 6.45) is 0. The number of aromatic nitrogens is 3. The van der Waals surface area contributed by atoms with Gasteiger partial charge >= 0.3 is 0 Å². The van der Waals surface area contributed by atoms with Gasteiger partial charge in [0.2, 0.25) is 0 Å². The second-order valence-corrected chi connectivity index (χ2v) is 5.46. The lowest BCUT2D eigenvalue weighted by molar-refractivity contribution is 0.765. The molecule has 0 radical (unpaired) electrons. The number of thioether (sulfide) groups is 1. The third-order valence-corrected chi connectivity index (χ3v) is 4.36. The molecule has 1 aromatic heterocycles. The monoisotopic (exact) mass is 269 g/mol. The van der Waals surface area contributed by atoms with Gasteiger partial charge in [-0.15, -0.1) is 10.2 Å². The summed E-state index contributed by atoms with van der Waals surface area (Å²) in [7, 11) is 2.00. The Morgan fingerprint density at radius 2 is 1.84 bits per heavy atom. The third-order valence-electron chi connectivity index (χ3n) is 3.29. The van der Waals surface area contributed by atoms with Crippen LogP contribution in [0.2, 0.25) is 0 Å². The van der Waals surface area contributed by atoms with Gasteiger partial charge in [-0.3, -0.25) is 0 Å². The number of hydrogen-bond acceptors (Lipinski definition) is 3. The van der Waals surface area contributed by atoms with Crippen LogP contribution in [0.25, 0.3) is 10.8 Å². The summed E-state index contributed by atoms with van der Waals surface area (Å²) in [6.45, 7) is 1.97. The normalized spacial score (nSPS) is 11.1. The molecule has 4 heteroatoms. The molecule has 0 fully saturated rings. The second kappa shape index (κ2) is 5.05. The maximum Gasteiger partial charge on any atom is 0.191 e. The van der Waals surface area contributed by atoms with Crippen molar-refractivity contribution in [3.8, 4) is 0 Å². The van der Waals surface area contributed by atoms with Crippen molar-refractivity contribution in [2.75, 3.05) is 0 Å². The summed E-state index contributed by atoms with van der Waals surface area (Å²) < 4.78 is 2.02. The molecule has 19 heavy (non-hydrogen) atoms.